The van der Waals surface area contributed by atoms with E-state index in [1.165, 1.54) is 0 Å². The van der Waals surface area contributed by atoms with Crippen LogP contribution in [-0.4, -0.2) is 24.4 Å². The predicted molar refractivity (Wildman–Crippen MR) is 31.6 cm³/mol. The molecule has 0 saturated heterocycles. The second-order valence-electron chi connectivity index (χ2n) is 1.36. The number of rotatable bonds is 0. The minimum Gasteiger partial charge on any atom is -0.244 e. The Kier molecular flexibility index (Phi) is 1.34. The van der Waals surface area contributed by atoms with Crippen LogP contribution in [0.4, 0.5) is 4.79 Å². The van der Waals surface area contributed by atoms with E-state index >= 15 is 0 Å². The zero-order chi connectivity index (χ0) is 6.69. The summed E-state index contributed by atoms with van der Waals surface area (Å²) < 4.78 is 0. The Morgan fingerprint density at radius 1 is 1.33 bits per heavy atom. The summed E-state index contributed by atoms with van der Waals surface area (Å²) >= 11 is 0. The molecule has 0 aromatic rings. The summed E-state index contributed by atoms with van der Waals surface area (Å²) in [6.07, 6.45) is 2.25. The number of allylic oxidation sites excluding steroid dienone is 1. The van der Waals surface area contributed by atoms with Crippen molar-refractivity contribution in [1.82, 2.24) is 0 Å². The van der Waals surface area contributed by atoms with Gasteiger partial charge in [0.15, 0.2) is 0 Å². The van der Waals surface area contributed by atoms with Crippen molar-refractivity contribution in [2.24, 2.45) is 9.98 Å². The lowest BCUT2D eigenvalue weighted by Gasteiger charge is -1.89. The molecule has 2 amide bonds. The maximum atomic E-state index is 10.2. The van der Waals surface area contributed by atoms with E-state index in [-0.39, 0.29) is 5.57 Å². The Hall–Kier alpha value is -1.54. The quantitative estimate of drug-likeness (QED) is 0.425. The zero-order valence-electron chi connectivity index (χ0n) is 4.37. The largest absolute Gasteiger partial charge is 0.367 e. The number of hydrogen-bond acceptors (Lipinski definition) is 2. The molecule has 4 nitrogen and oxygen atoms in total. The zero-order valence-corrected chi connectivity index (χ0v) is 4.37. The first-order valence-corrected chi connectivity index (χ1v) is 2.20. The summed E-state index contributed by atoms with van der Waals surface area (Å²) in [6, 6.07) is -0.589. The fourth-order valence-corrected chi connectivity index (χ4v) is 0.369. The van der Waals surface area contributed by atoms with Crippen LogP contribution in [0.1, 0.15) is 0 Å². The van der Waals surface area contributed by atoms with Gasteiger partial charge in [0.05, 0.1) is 18.0 Å². The molecule has 0 fully saturated rings. The molecule has 1 aliphatic rings. The topological polar surface area (TPSA) is 58.9 Å². The molecule has 0 bridgehead atoms. The van der Waals surface area contributed by atoms with Crippen molar-refractivity contribution in [2.45, 2.75) is 0 Å². The predicted octanol–water partition coefficient (Wildman–Crippen LogP) is 0.0196. The van der Waals surface area contributed by atoms with Gasteiger partial charge in [-0.15, -0.1) is 0 Å². The highest BCUT2D eigenvalue weighted by Crippen LogP contribution is 1.90. The van der Waals surface area contributed by atoms with Crippen LogP contribution < -0.4 is 0 Å². The van der Waals surface area contributed by atoms with E-state index in [9.17, 15) is 9.59 Å². The van der Waals surface area contributed by atoms with Gasteiger partial charge in [-0.2, -0.15) is 9.98 Å². The summed E-state index contributed by atoms with van der Waals surface area (Å²) in [5.74, 6) is 1.54. The lowest BCUT2D eigenvalue weighted by Crippen LogP contribution is -1.99. The highest BCUT2D eigenvalue weighted by molar-refractivity contribution is 6.18. The Balaban J connectivity index is 2.94. The Bertz CT molecular complexity index is 228. The molecule has 0 saturated carbocycles. The first-order valence-electron chi connectivity index (χ1n) is 2.20. The van der Waals surface area contributed by atoms with Crippen LogP contribution in [0.5, 0.6) is 0 Å². The third-order valence-electron chi connectivity index (χ3n) is 0.746. The Labute approximate surface area is 50.6 Å². The smallest absolute Gasteiger partial charge is 0.244 e. The van der Waals surface area contributed by atoms with Crippen LogP contribution in [0.2, 0.25) is 0 Å². The van der Waals surface area contributed by atoms with E-state index in [4.69, 9.17) is 0 Å². The van der Waals surface area contributed by atoms with E-state index in [0.29, 0.717) is 0 Å². The average Bonchev–Trinajstić information content (AvgIpc) is 1.90. The summed E-state index contributed by atoms with van der Waals surface area (Å²) in [7, 11) is 0. The maximum Gasteiger partial charge on any atom is 0.367 e. The summed E-state index contributed by atoms with van der Waals surface area (Å²) in [4.78, 5) is 26.4. The van der Waals surface area contributed by atoms with Gasteiger partial charge in [0.2, 0.25) is 0 Å². The molecule has 0 radical (unpaired) electrons. The minimum absolute atomic E-state index is 0.189. The summed E-state index contributed by atoms with van der Waals surface area (Å²) in [5, 5.41) is 0. The molecule has 0 aromatic carbocycles. The van der Waals surface area contributed by atoms with E-state index in [1.54, 1.807) is 5.94 Å². The fourth-order valence-electron chi connectivity index (χ4n) is 0.369. The van der Waals surface area contributed by atoms with Crippen molar-refractivity contribution >= 4 is 24.4 Å². The van der Waals surface area contributed by atoms with Gasteiger partial charge >= 0.3 is 6.03 Å². The second kappa shape index (κ2) is 2.15. The lowest BCUT2D eigenvalue weighted by atomic mass is 10.3. The van der Waals surface area contributed by atoms with Crippen molar-refractivity contribution in [2.75, 3.05) is 0 Å². The standard InChI is InChI=1S/C5H2N2O2/c8-3-4-1-6-5(9)7-2-4/h1-2H. The van der Waals surface area contributed by atoms with Crippen molar-refractivity contribution in [3.8, 4) is 0 Å². The highest BCUT2D eigenvalue weighted by Gasteiger charge is 1.99. The molecular weight excluding hydrogens is 120 g/mol. The summed E-state index contributed by atoms with van der Waals surface area (Å²) in [5.41, 5.74) is 0.189. The van der Waals surface area contributed by atoms with Crippen LogP contribution in [0.15, 0.2) is 15.6 Å². The van der Waals surface area contributed by atoms with E-state index in [2.05, 4.69) is 9.98 Å². The first-order chi connectivity index (χ1) is 4.33. The van der Waals surface area contributed by atoms with Crippen LogP contribution >= 0.6 is 0 Å². The molecule has 4 heteroatoms. The average molecular weight is 122 g/mol. The van der Waals surface area contributed by atoms with Gasteiger partial charge in [-0.05, 0) is 0 Å². The molecule has 0 aromatic heterocycles. The molecule has 9 heavy (non-hydrogen) atoms. The third-order valence-corrected chi connectivity index (χ3v) is 0.746. The number of aliphatic imine (C=N–C) groups is 2. The van der Waals surface area contributed by atoms with Crippen molar-refractivity contribution in [3.63, 3.8) is 0 Å². The van der Waals surface area contributed by atoms with Gasteiger partial charge in [0.25, 0.3) is 0 Å². The molecule has 0 N–H and O–H groups in total. The maximum absolute atomic E-state index is 10.2. The van der Waals surface area contributed by atoms with Crippen molar-refractivity contribution < 1.29 is 9.59 Å². The van der Waals surface area contributed by atoms with Crippen LogP contribution in [0.3, 0.4) is 0 Å². The number of urea groups is 1. The molecule has 1 heterocycles. The van der Waals surface area contributed by atoms with Gasteiger partial charge in [0.1, 0.15) is 5.94 Å². The van der Waals surface area contributed by atoms with Gasteiger partial charge < -0.3 is 0 Å². The minimum atomic E-state index is -0.589. The second-order valence-corrected chi connectivity index (χ2v) is 1.36. The van der Waals surface area contributed by atoms with Crippen molar-refractivity contribution in [1.29, 1.82) is 0 Å². The Morgan fingerprint density at radius 2 is 1.89 bits per heavy atom. The van der Waals surface area contributed by atoms with Crippen LogP contribution in [0.25, 0.3) is 0 Å². The monoisotopic (exact) mass is 122 g/mol. The molecule has 0 spiro atoms. The molecular formula is C5H2N2O2. The van der Waals surface area contributed by atoms with Crippen molar-refractivity contribution in [3.05, 3.63) is 5.57 Å². The lowest BCUT2D eigenvalue weighted by molar-refractivity contribution is 0.257. The molecule has 1 rings (SSSR count). The van der Waals surface area contributed by atoms with E-state index < -0.39 is 6.03 Å². The van der Waals surface area contributed by atoms with Gasteiger partial charge in [-0.1, -0.05) is 0 Å². The number of carbonyl (C=O) groups excluding carboxylic acids is 2. The SMILES string of the molecule is O=C=C1C=NC(=O)N=C1. The Morgan fingerprint density at radius 3 is 2.33 bits per heavy atom. The first kappa shape index (κ1) is 5.59. The fraction of sp³-hybridized carbons (Fsp3) is 0. The van der Waals surface area contributed by atoms with Crippen LogP contribution in [0, 0.1) is 0 Å². The van der Waals surface area contributed by atoms with Gasteiger partial charge in [0, 0.05) is 0 Å². The third kappa shape index (κ3) is 1.17. The summed E-state index contributed by atoms with van der Waals surface area (Å²) in [6.45, 7) is 0. The molecule has 0 atom stereocenters. The normalized spacial score (nSPS) is 16.0. The van der Waals surface area contributed by atoms with Gasteiger partial charge in [-0.3, -0.25) is 0 Å². The molecule has 44 valence electrons. The molecule has 0 unspecified atom stereocenters. The van der Waals surface area contributed by atoms with Crippen LogP contribution in [-0.2, 0) is 4.79 Å². The number of carbonyl (C=O) groups is 1. The number of amides is 2. The molecule has 1 aliphatic heterocycles. The van der Waals surface area contributed by atoms with E-state index in [0.717, 1.165) is 12.4 Å². The van der Waals surface area contributed by atoms with Gasteiger partial charge in [-0.25, -0.2) is 9.59 Å². The highest BCUT2D eigenvalue weighted by atomic mass is 16.2. The van der Waals surface area contributed by atoms with E-state index in [1.807, 2.05) is 0 Å². The number of nitrogens with zero attached hydrogens (tertiary/aromatic N) is 2. The number of hydrogen-bond donors (Lipinski definition) is 0. The molecule has 0 aliphatic carbocycles.